The quantitative estimate of drug-likeness (QED) is 0.528. The monoisotopic (exact) mass is 194 g/mol. The highest BCUT2D eigenvalue weighted by Gasteiger charge is 2.03. The number of benzene rings is 1. The molecule has 0 atom stereocenters. The minimum absolute atomic E-state index is 0.0877. The van der Waals surface area contributed by atoms with Gasteiger partial charge in [0.1, 0.15) is 0 Å². The lowest BCUT2D eigenvalue weighted by Crippen LogP contribution is -2.07. The molecule has 1 aromatic carbocycles. The molecule has 78 valence electrons. The summed E-state index contributed by atoms with van der Waals surface area (Å²) < 4.78 is 0. The van der Waals surface area contributed by atoms with E-state index in [1.54, 1.807) is 0 Å². The molecule has 0 N–H and O–H groups in total. The Balaban J connectivity index is 2.64. The summed E-state index contributed by atoms with van der Waals surface area (Å²) in [4.78, 5) is 10.4. The summed E-state index contributed by atoms with van der Waals surface area (Å²) in [7, 11) is 0. The van der Waals surface area contributed by atoms with E-state index in [0.717, 1.165) is 18.6 Å². The Bertz CT molecular complexity index is 269. The maximum Gasteiger partial charge on any atom is 0.168 e. The van der Waals surface area contributed by atoms with Gasteiger partial charge in [0.05, 0.1) is 6.10 Å². The maximum absolute atomic E-state index is 5.25. The van der Waals surface area contributed by atoms with Crippen molar-refractivity contribution >= 4 is 0 Å². The molecule has 2 nitrogen and oxygen atoms in total. The molecule has 0 radical (unpaired) electrons. The smallest absolute Gasteiger partial charge is 0.168 e. The summed E-state index contributed by atoms with van der Waals surface area (Å²) in [6.07, 6.45) is 2.23. The molecule has 1 rings (SSSR count). The van der Waals surface area contributed by atoms with E-state index in [1.165, 1.54) is 5.56 Å². The van der Waals surface area contributed by atoms with E-state index in [-0.39, 0.29) is 6.10 Å². The van der Waals surface area contributed by atoms with Crippen LogP contribution in [0.5, 0.6) is 5.75 Å². The van der Waals surface area contributed by atoms with Crippen LogP contribution in [0.1, 0.15) is 32.8 Å². The van der Waals surface area contributed by atoms with Crippen molar-refractivity contribution in [3.63, 3.8) is 0 Å². The summed E-state index contributed by atoms with van der Waals surface area (Å²) in [5.41, 5.74) is 1.20. The van der Waals surface area contributed by atoms with E-state index in [4.69, 9.17) is 9.78 Å². The van der Waals surface area contributed by atoms with Gasteiger partial charge in [0.15, 0.2) is 5.75 Å². The van der Waals surface area contributed by atoms with Crippen LogP contribution in [0.25, 0.3) is 0 Å². The van der Waals surface area contributed by atoms with Crippen LogP contribution in [0.2, 0.25) is 0 Å². The average Bonchev–Trinajstić information content (AvgIpc) is 2.17. The molecule has 0 aromatic heterocycles. The highest BCUT2D eigenvalue weighted by Crippen LogP contribution is 2.19. The largest absolute Gasteiger partial charge is 0.337 e. The lowest BCUT2D eigenvalue weighted by molar-refractivity contribution is -0.235. The molecule has 0 saturated carbocycles. The SMILES string of the molecule is CCCc1ccccc1OOC(C)C. The lowest BCUT2D eigenvalue weighted by atomic mass is 10.1. The topological polar surface area (TPSA) is 18.5 Å². The molecule has 1 aromatic rings. The van der Waals surface area contributed by atoms with Crippen molar-refractivity contribution in [1.82, 2.24) is 0 Å². The molecule has 2 heteroatoms. The third-order valence-corrected chi connectivity index (χ3v) is 1.82. The van der Waals surface area contributed by atoms with Gasteiger partial charge in [-0.05, 0) is 31.9 Å². The van der Waals surface area contributed by atoms with Crippen LogP contribution in [-0.2, 0) is 11.3 Å². The Hall–Kier alpha value is -1.02. The van der Waals surface area contributed by atoms with Crippen LogP contribution in [0.4, 0.5) is 0 Å². The second-order valence-electron chi connectivity index (χ2n) is 3.59. The molecule has 0 saturated heterocycles. The van der Waals surface area contributed by atoms with Crippen molar-refractivity contribution in [2.45, 2.75) is 39.7 Å². The summed E-state index contributed by atoms with van der Waals surface area (Å²) >= 11 is 0. The number of aryl methyl sites for hydroxylation is 1. The molecule has 0 aliphatic rings. The molecule has 0 amide bonds. The van der Waals surface area contributed by atoms with Gasteiger partial charge in [-0.3, -0.25) is 0 Å². The second kappa shape index (κ2) is 5.66. The molecular weight excluding hydrogens is 176 g/mol. The summed E-state index contributed by atoms with van der Waals surface area (Å²) in [5.74, 6) is 0.836. The summed E-state index contributed by atoms with van der Waals surface area (Å²) in [6, 6.07) is 7.99. The molecule has 0 fully saturated rings. The normalized spacial score (nSPS) is 10.6. The van der Waals surface area contributed by atoms with Crippen molar-refractivity contribution in [3.8, 4) is 5.75 Å². The fourth-order valence-electron chi connectivity index (χ4n) is 1.21. The first-order valence-corrected chi connectivity index (χ1v) is 5.15. The third-order valence-electron chi connectivity index (χ3n) is 1.82. The van der Waals surface area contributed by atoms with Gasteiger partial charge in [-0.25, -0.2) is 0 Å². The fraction of sp³-hybridized carbons (Fsp3) is 0.500. The van der Waals surface area contributed by atoms with Crippen LogP contribution in [0.15, 0.2) is 24.3 Å². The average molecular weight is 194 g/mol. The van der Waals surface area contributed by atoms with E-state index in [1.807, 2.05) is 32.0 Å². The van der Waals surface area contributed by atoms with Gasteiger partial charge in [-0.1, -0.05) is 31.5 Å². The standard InChI is InChI=1S/C12H18O2/c1-4-7-11-8-5-6-9-12(11)14-13-10(2)3/h5-6,8-10H,4,7H2,1-3H3. The van der Waals surface area contributed by atoms with Gasteiger partial charge in [0.2, 0.25) is 0 Å². The van der Waals surface area contributed by atoms with E-state index >= 15 is 0 Å². The molecule has 0 heterocycles. The van der Waals surface area contributed by atoms with Gasteiger partial charge in [0.25, 0.3) is 0 Å². The van der Waals surface area contributed by atoms with Crippen LogP contribution in [0.3, 0.4) is 0 Å². The number of para-hydroxylation sites is 1. The van der Waals surface area contributed by atoms with Gasteiger partial charge in [-0.15, -0.1) is 0 Å². The molecule has 14 heavy (non-hydrogen) atoms. The Kier molecular flexibility index (Phi) is 4.47. The zero-order valence-corrected chi connectivity index (χ0v) is 9.12. The van der Waals surface area contributed by atoms with E-state index in [0.29, 0.717) is 0 Å². The van der Waals surface area contributed by atoms with Gasteiger partial charge < -0.3 is 4.89 Å². The van der Waals surface area contributed by atoms with Crippen LogP contribution < -0.4 is 4.89 Å². The Morgan fingerprint density at radius 3 is 2.57 bits per heavy atom. The van der Waals surface area contributed by atoms with Crippen molar-refractivity contribution in [3.05, 3.63) is 29.8 Å². The second-order valence-corrected chi connectivity index (χ2v) is 3.59. The molecule has 0 unspecified atom stereocenters. The first-order chi connectivity index (χ1) is 6.74. The Morgan fingerprint density at radius 2 is 1.93 bits per heavy atom. The highest BCUT2D eigenvalue weighted by atomic mass is 17.2. The molecule has 0 aliphatic heterocycles. The zero-order chi connectivity index (χ0) is 10.4. The molecule has 0 bridgehead atoms. The summed E-state index contributed by atoms with van der Waals surface area (Å²) in [5, 5.41) is 0. The van der Waals surface area contributed by atoms with E-state index in [9.17, 15) is 0 Å². The molecule has 0 spiro atoms. The third kappa shape index (κ3) is 3.38. The zero-order valence-electron chi connectivity index (χ0n) is 9.12. The van der Waals surface area contributed by atoms with Crippen LogP contribution >= 0.6 is 0 Å². The van der Waals surface area contributed by atoms with Crippen molar-refractivity contribution < 1.29 is 9.78 Å². The maximum atomic E-state index is 5.25. The predicted molar refractivity (Wildman–Crippen MR) is 57.3 cm³/mol. The van der Waals surface area contributed by atoms with Crippen LogP contribution in [0, 0.1) is 0 Å². The van der Waals surface area contributed by atoms with E-state index in [2.05, 4.69) is 13.0 Å². The van der Waals surface area contributed by atoms with Gasteiger partial charge >= 0.3 is 0 Å². The molecular formula is C12H18O2. The van der Waals surface area contributed by atoms with Crippen molar-refractivity contribution in [2.24, 2.45) is 0 Å². The minimum atomic E-state index is 0.0877. The van der Waals surface area contributed by atoms with E-state index < -0.39 is 0 Å². The minimum Gasteiger partial charge on any atom is -0.337 e. The number of hydrogen-bond acceptors (Lipinski definition) is 2. The van der Waals surface area contributed by atoms with Gasteiger partial charge in [0, 0.05) is 0 Å². The van der Waals surface area contributed by atoms with Crippen molar-refractivity contribution in [1.29, 1.82) is 0 Å². The highest BCUT2D eigenvalue weighted by molar-refractivity contribution is 5.32. The van der Waals surface area contributed by atoms with Crippen molar-refractivity contribution in [2.75, 3.05) is 0 Å². The van der Waals surface area contributed by atoms with Crippen LogP contribution in [-0.4, -0.2) is 6.10 Å². The lowest BCUT2D eigenvalue weighted by Gasteiger charge is -2.10. The number of rotatable bonds is 5. The first-order valence-electron chi connectivity index (χ1n) is 5.15. The summed E-state index contributed by atoms with van der Waals surface area (Å²) in [6.45, 7) is 6.05. The van der Waals surface area contributed by atoms with Gasteiger partial charge in [-0.2, -0.15) is 4.89 Å². The fourth-order valence-corrected chi connectivity index (χ4v) is 1.21. The Morgan fingerprint density at radius 1 is 1.21 bits per heavy atom. The Labute approximate surface area is 85.8 Å². The molecule has 0 aliphatic carbocycles. The predicted octanol–water partition coefficient (Wildman–Crippen LogP) is 3.36. The number of hydrogen-bond donors (Lipinski definition) is 0. The first kappa shape index (κ1) is 11.1.